The Morgan fingerprint density at radius 1 is 1.24 bits per heavy atom. The summed E-state index contributed by atoms with van der Waals surface area (Å²) in [5, 5.41) is 3.14. The molecule has 3 nitrogen and oxygen atoms in total. The molecule has 1 unspecified atom stereocenters. The zero-order chi connectivity index (χ0) is 15.7. The zero-order valence-electron chi connectivity index (χ0n) is 12.4. The Labute approximate surface area is 123 Å². The zero-order valence-corrected chi connectivity index (χ0v) is 12.4. The molecular weight excluding hydrogens is 283 g/mol. The smallest absolute Gasteiger partial charge is 0.419 e. The summed E-state index contributed by atoms with van der Waals surface area (Å²) in [6, 6.07) is 5.26. The highest BCUT2D eigenvalue weighted by Gasteiger charge is 2.34. The predicted octanol–water partition coefficient (Wildman–Crippen LogP) is 3.49. The molecule has 0 bridgehead atoms. The van der Waals surface area contributed by atoms with Crippen molar-refractivity contribution in [3.63, 3.8) is 0 Å². The second-order valence-corrected chi connectivity index (χ2v) is 4.68. The normalized spacial score (nSPS) is 13.2. The Kier molecular flexibility index (Phi) is 7.53. The molecule has 0 aliphatic carbocycles. The van der Waals surface area contributed by atoms with E-state index in [1.54, 1.807) is 6.92 Å². The topological polar surface area (TPSA) is 30.5 Å². The van der Waals surface area contributed by atoms with Crippen molar-refractivity contribution < 1.29 is 22.6 Å². The highest BCUT2D eigenvalue weighted by atomic mass is 19.4. The van der Waals surface area contributed by atoms with Gasteiger partial charge in [-0.15, -0.1) is 0 Å². The molecular formula is C15H22F3NO2. The minimum Gasteiger partial charge on any atom is -0.489 e. The van der Waals surface area contributed by atoms with Crippen molar-refractivity contribution in [1.82, 2.24) is 5.32 Å². The fraction of sp³-hybridized carbons (Fsp3) is 0.600. The summed E-state index contributed by atoms with van der Waals surface area (Å²) < 4.78 is 49.0. The Morgan fingerprint density at radius 3 is 2.62 bits per heavy atom. The van der Waals surface area contributed by atoms with E-state index in [0.29, 0.717) is 19.8 Å². The number of benzene rings is 1. The first kappa shape index (κ1) is 17.8. The summed E-state index contributed by atoms with van der Waals surface area (Å²) in [7, 11) is 0. The second kappa shape index (κ2) is 8.89. The molecule has 0 radical (unpaired) electrons. The van der Waals surface area contributed by atoms with Crippen LogP contribution in [0.1, 0.15) is 25.8 Å². The molecule has 0 spiro atoms. The van der Waals surface area contributed by atoms with Gasteiger partial charge in [0.15, 0.2) is 0 Å². The van der Waals surface area contributed by atoms with Crippen LogP contribution in [0, 0.1) is 0 Å². The van der Waals surface area contributed by atoms with E-state index in [1.807, 2.05) is 6.92 Å². The number of para-hydroxylation sites is 1. The molecule has 0 aliphatic heterocycles. The lowest BCUT2D eigenvalue weighted by atomic mass is 10.2. The molecule has 0 saturated heterocycles. The van der Waals surface area contributed by atoms with Gasteiger partial charge < -0.3 is 14.8 Å². The number of alkyl halides is 3. The van der Waals surface area contributed by atoms with Crippen LogP contribution in [-0.2, 0) is 10.9 Å². The fourth-order valence-corrected chi connectivity index (χ4v) is 1.81. The number of nitrogens with one attached hydrogen (secondary N) is 1. The Hall–Kier alpha value is -1.27. The Balaban J connectivity index is 2.40. The molecule has 0 fully saturated rings. The molecule has 6 heteroatoms. The highest BCUT2D eigenvalue weighted by molar-refractivity contribution is 5.35. The van der Waals surface area contributed by atoms with Gasteiger partial charge in [-0.3, -0.25) is 0 Å². The molecule has 1 aromatic rings. The van der Waals surface area contributed by atoms with Crippen molar-refractivity contribution in [1.29, 1.82) is 0 Å². The van der Waals surface area contributed by atoms with E-state index in [9.17, 15) is 13.2 Å². The third kappa shape index (κ3) is 6.82. The molecule has 1 aromatic carbocycles. The quantitative estimate of drug-likeness (QED) is 0.708. The summed E-state index contributed by atoms with van der Waals surface area (Å²) in [6.07, 6.45) is -3.89. The van der Waals surface area contributed by atoms with Gasteiger partial charge in [0.2, 0.25) is 0 Å². The molecule has 0 saturated carbocycles. The van der Waals surface area contributed by atoms with Crippen molar-refractivity contribution in [3.8, 4) is 5.75 Å². The summed E-state index contributed by atoms with van der Waals surface area (Å²) in [4.78, 5) is 0. The minimum atomic E-state index is -4.40. The maximum Gasteiger partial charge on any atom is 0.419 e. The van der Waals surface area contributed by atoms with Crippen LogP contribution in [0.2, 0.25) is 0 Å². The van der Waals surface area contributed by atoms with Crippen LogP contribution in [0.3, 0.4) is 0 Å². The molecule has 0 aliphatic rings. The number of rotatable bonds is 9. The van der Waals surface area contributed by atoms with Gasteiger partial charge in [0, 0.05) is 19.8 Å². The van der Waals surface area contributed by atoms with Gasteiger partial charge in [0.05, 0.1) is 5.56 Å². The number of halogens is 3. The third-order valence-electron chi connectivity index (χ3n) is 2.80. The van der Waals surface area contributed by atoms with Crippen molar-refractivity contribution in [2.45, 2.75) is 32.5 Å². The summed E-state index contributed by atoms with van der Waals surface area (Å²) >= 11 is 0. The van der Waals surface area contributed by atoms with Crippen LogP contribution < -0.4 is 10.1 Å². The number of hydrogen-bond donors (Lipinski definition) is 1. The number of hydrogen-bond acceptors (Lipinski definition) is 3. The van der Waals surface area contributed by atoms with E-state index in [4.69, 9.17) is 9.47 Å². The summed E-state index contributed by atoms with van der Waals surface area (Å²) in [5.74, 6) is -0.131. The first-order chi connectivity index (χ1) is 9.95. The SMILES string of the molecule is CCOCCCNCC(C)Oc1ccccc1C(F)(F)F. The molecule has 0 heterocycles. The Morgan fingerprint density at radius 2 is 1.95 bits per heavy atom. The first-order valence-corrected chi connectivity index (χ1v) is 7.06. The van der Waals surface area contributed by atoms with Crippen molar-refractivity contribution in [2.75, 3.05) is 26.3 Å². The van der Waals surface area contributed by atoms with Gasteiger partial charge in [-0.1, -0.05) is 12.1 Å². The van der Waals surface area contributed by atoms with Crippen LogP contribution in [-0.4, -0.2) is 32.4 Å². The van der Waals surface area contributed by atoms with Crippen molar-refractivity contribution in [2.24, 2.45) is 0 Å². The van der Waals surface area contributed by atoms with E-state index in [2.05, 4.69) is 5.32 Å². The maximum atomic E-state index is 12.8. The van der Waals surface area contributed by atoms with Gasteiger partial charge >= 0.3 is 6.18 Å². The van der Waals surface area contributed by atoms with Gasteiger partial charge in [-0.05, 0) is 38.9 Å². The van der Waals surface area contributed by atoms with E-state index in [1.165, 1.54) is 18.2 Å². The Bertz CT molecular complexity index is 410. The number of ether oxygens (including phenoxy) is 2. The fourth-order valence-electron chi connectivity index (χ4n) is 1.81. The molecule has 120 valence electrons. The van der Waals surface area contributed by atoms with Crippen LogP contribution >= 0.6 is 0 Å². The van der Waals surface area contributed by atoms with E-state index in [0.717, 1.165) is 19.0 Å². The molecule has 0 amide bonds. The van der Waals surface area contributed by atoms with Gasteiger partial charge in [0.25, 0.3) is 0 Å². The molecule has 1 N–H and O–H groups in total. The molecule has 0 aromatic heterocycles. The largest absolute Gasteiger partial charge is 0.489 e. The first-order valence-electron chi connectivity index (χ1n) is 7.06. The highest BCUT2D eigenvalue weighted by Crippen LogP contribution is 2.36. The average molecular weight is 305 g/mol. The average Bonchev–Trinajstić information content (AvgIpc) is 2.42. The van der Waals surface area contributed by atoms with E-state index >= 15 is 0 Å². The minimum absolute atomic E-state index is 0.131. The maximum absolute atomic E-state index is 12.8. The predicted molar refractivity (Wildman–Crippen MR) is 75.5 cm³/mol. The van der Waals surface area contributed by atoms with Gasteiger partial charge in [-0.25, -0.2) is 0 Å². The standard InChI is InChI=1S/C15H22F3NO2/c1-3-20-10-6-9-19-11-12(2)21-14-8-5-4-7-13(14)15(16,17)18/h4-5,7-8,12,19H,3,6,9-11H2,1-2H3. The van der Waals surface area contributed by atoms with Crippen LogP contribution in [0.4, 0.5) is 13.2 Å². The lowest BCUT2D eigenvalue weighted by Gasteiger charge is -2.19. The van der Waals surface area contributed by atoms with Crippen molar-refractivity contribution >= 4 is 0 Å². The van der Waals surface area contributed by atoms with Crippen molar-refractivity contribution in [3.05, 3.63) is 29.8 Å². The molecule has 21 heavy (non-hydrogen) atoms. The molecule has 1 rings (SSSR count). The van der Waals surface area contributed by atoms with Crippen LogP contribution in [0.25, 0.3) is 0 Å². The van der Waals surface area contributed by atoms with Crippen LogP contribution in [0.15, 0.2) is 24.3 Å². The summed E-state index contributed by atoms with van der Waals surface area (Å²) in [5.41, 5.74) is -0.742. The van der Waals surface area contributed by atoms with Gasteiger partial charge in [-0.2, -0.15) is 13.2 Å². The third-order valence-corrected chi connectivity index (χ3v) is 2.80. The van der Waals surface area contributed by atoms with E-state index in [-0.39, 0.29) is 11.9 Å². The lowest BCUT2D eigenvalue weighted by Crippen LogP contribution is -2.30. The second-order valence-electron chi connectivity index (χ2n) is 4.68. The monoisotopic (exact) mass is 305 g/mol. The lowest BCUT2D eigenvalue weighted by molar-refractivity contribution is -0.139. The molecule has 1 atom stereocenters. The summed E-state index contributed by atoms with van der Waals surface area (Å²) in [6.45, 7) is 6.26. The van der Waals surface area contributed by atoms with Gasteiger partial charge in [0.1, 0.15) is 11.9 Å². The van der Waals surface area contributed by atoms with E-state index < -0.39 is 11.7 Å². The van der Waals surface area contributed by atoms with Crippen LogP contribution in [0.5, 0.6) is 5.75 Å².